The van der Waals surface area contributed by atoms with Gasteiger partial charge in [0.25, 0.3) is 5.91 Å². The van der Waals surface area contributed by atoms with E-state index in [1.807, 2.05) is 0 Å². The Hall–Kier alpha value is -1.40. The fraction of sp³-hybridized carbons (Fsp3) is 0.0714. The largest absolute Gasteiger partial charge is 0.497 e. The molecule has 2 aromatic carbocycles. The number of carbonyl (C=O) groups is 1. The minimum atomic E-state index is -0.413. The minimum Gasteiger partial charge on any atom is -0.497 e. The molecule has 1 N–H and O–H groups in total. The third-order valence-corrected chi connectivity index (χ3v) is 3.90. The van der Waals surface area contributed by atoms with Crippen LogP contribution in [-0.2, 0) is 0 Å². The molecule has 0 saturated heterocycles. The van der Waals surface area contributed by atoms with Crippen LogP contribution in [0, 0.1) is 5.82 Å². The number of carbonyl (C=O) groups excluding carboxylic acids is 1. The van der Waals surface area contributed by atoms with Gasteiger partial charge in [0.2, 0.25) is 0 Å². The Morgan fingerprint density at radius 3 is 2.55 bits per heavy atom. The van der Waals surface area contributed by atoms with Gasteiger partial charge in [0.15, 0.2) is 0 Å². The number of benzene rings is 2. The number of hydrogen-bond acceptors (Lipinski definition) is 2. The van der Waals surface area contributed by atoms with E-state index in [-0.39, 0.29) is 10.4 Å². The molecule has 6 heteroatoms. The van der Waals surface area contributed by atoms with Crippen molar-refractivity contribution < 1.29 is 13.9 Å². The Bertz CT molecular complexity index is 662. The summed E-state index contributed by atoms with van der Waals surface area (Å²) in [5.74, 6) is -0.118. The zero-order valence-electron chi connectivity index (χ0n) is 10.4. The van der Waals surface area contributed by atoms with Gasteiger partial charge in [-0.3, -0.25) is 4.79 Å². The molecule has 0 aliphatic carbocycles. The number of halogens is 3. The quantitative estimate of drug-likeness (QED) is 0.813. The molecule has 0 unspecified atom stereocenters. The molecule has 0 radical (unpaired) electrons. The van der Waals surface area contributed by atoms with Gasteiger partial charge in [-0.25, -0.2) is 4.39 Å². The highest BCUT2D eigenvalue weighted by Gasteiger charge is 2.11. The van der Waals surface area contributed by atoms with E-state index in [0.717, 1.165) is 4.47 Å². The summed E-state index contributed by atoms with van der Waals surface area (Å²) >= 11 is 6.40. The van der Waals surface area contributed by atoms with Crippen LogP contribution in [0.3, 0.4) is 0 Å². The SMILES string of the molecule is COc1ccc(Br)c(NC(=O)c2ccc(F)c(Br)c2)c1. The van der Waals surface area contributed by atoms with E-state index >= 15 is 0 Å². The summed E-state index contributed by atoms with van der Waals surface area (Å²) < 4.78 is 19.2. The van der Waals surface area contributed by atoms with Crippen molar-refractivity contribution in [3.8, 4) is 5.75 Å². The van der Waals surface area contributed by atoms with Crippen molar-refractivity contribution >= 4 is 43.5 Å². The maximum absolute atomic E-state index is 13.1. The van der Waals surface area contributed by atoms with Crippen LogP contribution in [0.25, 0.3) is 0 Å². The smallest absolute Gasteiger partial charge is 0.255 e. The fourth-order valence-corrected chi connectivity index (χ4v) is 2.28. The normalized spacial score (nSPS) is 10.2. The van der Waals surface area contributed by atoms with Crippen molar-refractivity contribution in [3.05, 3.63) is 56.7 Å². The molecule has 1 amide bonds. The molecule has 3 nitrogen and oxygen atoms in total. The maximum atomic E-state index is 13.1. The Balaban J connectivity index is 2.25. The van der Waals surface area contributed by atoms with E-state index in [4.69, 9.17) is 4.74 Å². The van der Waals surface area contributed by atoms with Crippen molar-refractivity contribution in [2.24, 2.45) is 0 Å². The Kier molecular flexibility index (Phi) is 4.77. The highest BCUT2D eigenvalue weighted by atomic mass is 79.9. The molecular formula is C14H10Br2FNO2. The molecule has 0 aromatic heterocycles. The molecule has 104 valence electrons. The van der Waals surface area contributed by atoms with Crippen LogP contribution in [0.2, 0.25) is 0 Å². The Morgan fingerprint density at radius 1 is 1.15 bits per heavy atom. The van der Waals surface area contributed by atoms with Gasteiger partial charge in [-0.15, -0.1) is 0 Å². The van der Waals surface area contributed by atoms with Crippen LogP contribution in [0.1, 0.15) is 10.4 Å². The average molecular weight is 403 g/mol. The molecule has 0 bridgehead atoms. The summed E-state index contributed by atoms with van der Waals surface area (Å²) in [6, 6.07) is 9.33. The van der Waals surface area contributed by atoms with Gasteiger partial charge in [-0.1, -0.05) is 0 Å². The first-order valence-corrected chi connectivity index (χ1v) is 7.20. The van der Waals surface area contributed by atoms with Gasteiger partial charge in [-0.2, -0.15) is 0 Å². The van der Waals surface area contributed by atoms with Crippen LogP contribution in [0.4, 0.5) is 10.1 Å². The topological polar surface area (TPSA) is 38.3 Å². The van der Waals surface area contributed by atoms with E-state index in [2.05, 4.69) is 37.2 Å². The summed E-state index contributed by atoms with van der Waals surface area (Å²) in [4.78, 5) is 12.1. The Labute approximate surface area is 132 Å². The monoisotopic (exact) mass is 401 g/mol. The van der Waals surface area contributed by atoms with Crippen LogP contribution in [0.15, 0.2) is 45.3 Å². The van der Waals surface area contributed by atoms with Crippen LogP contribution in [-0.4, -0.2) is 13.0 Å². The van der Waals surface area contributed by atoms with Crippen molar-refractivity contribution in [1.29, 1.82) is 0 Å². The predicted molar refractivity (Wildman–Crippen MR) is 82.7 cm³/mol. The summed E-state index contributed by atoms with van der Waals surface area (Å²) in [5, 5.41) is 2.74. The molecule has 0 saturated carbocycles. The summed E-state index contributed by atoms with van der Waals surface area (Å²) in [6.45, 7) is 0. The molecule has 2 aromatic rings. The zero-order chi connectivity index (χ0) is 14.7. The molecule has 0 spiro atoms. The number of amides is 1. The zero-order valence-corrected chi connectivity index (χ0v) is 13.6. The lowest BCUT2D eigenvalue weighted by Gasteiger charge is -2.09. The van der Waals surface area contributed by atoms with Crippen molar-refractivity contribution in [3.63, 3.8) is 0 Å². The molecule has 0 atom stereocenters. The average Bonchev–Trinajstić information content (AvgIpc) is 2.44. The lowest BCUT2D eigenvalue weighted by Crippen LogP contribution is -2.12. The number of methoxy groups -OCH3 is 1. The molecule has 2 rings (SSSR count). The van der Waals surface area contributed by atoms with E-state index in [1.165, 1.54) is 18.2 Å². The van der Waals surface area contributed by atoms with Gasteiger partial charge in [-0.05, 0) is 62.2 Å². The number of rotatable bonds is 3. The first kappa shape index (κ1) is 15.0. The van der Waals surface area contributed by atoms with Gasteiger partial charge < -0.3 is 10.1 Å². The molecule has 20 heavy (non-hydrogen) atoms. The molecular weight excluding hydrogens is 393 g/mol. The molecule has 0 heterocycles. The summed E-state index contributed by atoms with van der Waals surface area (Å²) in [5.41, 5.74) is 0.933. The summed E-state index contributed by atoms with van der Waals surface area (Å²) in [6.07, 6.45) is 0. The first-order chi connectivity index (χ1) is 9.51. The van der Waals surface area contributed by atoms with Crippen molar-refractivity contribution in [1.82, 2.24) is 0 Å². The van der Waals surface area contributed by atoms with E-state index in [9.17, 15) is 9.18 Å². The third-order valence-electron chi connectivity index (χ3n) is 2.60. The molecule has 0 aliphatic rings. The standard InChI is InChI=1S/C14H10Br2FNO2/c1-20-9-3-4-10(15)13(7-9)18-14(19)8-2-5-12(17)11(16)6-8/h2-7H,1H3,(H,18,19). The lowest BCUT2D eigenvalue weighted by atomic mass is 10.2. The van der Waals surface area contributed by atoms with Crippen LogP contribution < -0.4 is 10.1 Å². The number of nitrogens with one attached hydrogen (secondary N) is 1. The summed E-state index contributed by atoms with van der Waals surface area (Å²) in [7, 11) is 1.55. The number of anilines is 1. The first-order valence-electron chi connectivity index (χ1n) is 5.61. The second kappa shape index (κ2) is 6.37. The second-order valence-corrected chi connectivity index (χ2v) is 5.64. The molecule has 0 fully saturated rings. The van der Waals surface area contributed by atoms with Crippen molar-refractivity contribution in [2.75, 3.05) is 12.4 Å². The highest BCUT2D eigenvalue weighted by Crippen LogP contribution is 2.28. The van der Waals surface area contributed by atoms with Gasteiger partial charge in [0, 0.05) is 16.1 Å². The fourth-order valence-electron chi connectivity index (χ4n) is 1.56. The van der Waals surface area contributed by atoms with E-state index in [1.54, 1.807) is 25.3 Å². The van der Waals surface area contributed by atoms with E-state index < -0.39 is 5.82 Å². The van der Waals surface area contributed by atoms with Crippen LogP contribution in [0.5, 0.6) is 5.75 Å². The second-order valence-electron chi connectivity index (χ2n) is 3.93. The Morgan fingerprint density at radius 2 is 1.90 bits per heavy atom. The van der Waals surface area contributed by atoms with Gasteiger partial charge in [0.05, 0.1) is 17.3 Å². The van der Waals surface area contributed by atoms with E-state index in [0.29, 0.717) is 17.0 Å². The van der Waals surface area contributed by atoms with Gasteiger partial charge >= 0.3 is 0 Å². The number of hydrogen-bond donors (Lipinski definition) is 1. The highest BCUT2D eigenvalue weighted by molar-refractivity contribution is 9.10. The van der Waals surface area contributed by atoms with Crippen molar-refractivity contribution in [2.45, 2.75) is 0 Å². The predicted octanol–water partition coefficient (Wildman–Crippen LogP) is 4.61. The van der Waals surface area contributed by atoms with Crippen LogP contribution >= 0.6 is 31.9 Å². The number of ether oxygens (including phenoxy) is 1. The third kappa shape index (κ3) is 3.37. The molecule has 0 aliphatic heterocycles. The minimum absolute atomic E-state index is 0.245. The lowest BCUT2D eigenvalue weighted by molar-refractivity contribution is 0.102. The maximum Gasteiger partial charge on any atom is 0.255 e. The van der Waals surface area contributed by atoms with Gasteiger partial charge in [0.1, 0.15) is 11.6 Å².